The summed E-state index contributed by atoms with van der Waals surface area (Å²) in [6.07, 6.45) is 0. The van der Waals surface area contributed by atoms with E-state index >= 15 is 0 Å². The van der Waals surface area contributed by atoms with Crippen LogP contribution in [0.3, 0.4) is 0 Å². The Morgan fingerprint density at radius 2 is 1.93 bits per heavy atom. The van der Waals surface area contributed by atoms with E-state index < -0.39 is 12.5 Å². The highest BCUT2D eigenvalue weighted by molar-refractivity contribution is 9.10. The Morgan fingerprint density at radius 1 is 1.14 bits per heavy atom. The number of halogens is 4. The largest absolute Gasteiger partial charge is 0.484 e. The minimum absolute atomic E-state index is 0.0555. The molecule has 2 aromatic carbocycles. The molecule has 1 heterocycles. The molecule has 0 bridgehead atoms. The highest BCUT2D eigenvalue weighted by Crippen LogP contribution is 2.29. The average molecular weight is 473 g/mol. The molecule has 5 nitrogen and oxygen atoms in total. The zero-order chi connectivity index (χ0) is 20.1. The first kappa shape index (κ1) is 20.2. The number of hydrogen-bond donors (Lipinski definition) is 1. The number of carbonyl (C=O) groups is 1. The van der Waals surface area contributed by atoms with Crippen molar-refractivity contribution in [3.63, 3.8) is 0 Å². The highest BCUT2D eigenvalue weighted by Gasteiger charge is 2.14. The molecule has 146 valence electrons. The van der Waals surface area contributed by atoms with Gasteiger partial charge in [-0.05, 0) is 58.4 Å². The number of amides is 1. The van der Waals surface area contributed by atoms with Crippen LogP contribution in [-0.4, -0.2) is 12.5 Å². The van der Waals surface area contributed by atoms with E-state index in [-0.39, 0.29) is 23.1 Å². The summed E-state index contributed by atoms with van der Waals surface area (Å²) in [5.41, 5.74) is 0.305. The van der Waals surface area contributed by atoms with Crippen molar-refractivity contribution in [3.8, 4) is 11.5 Å². The van der Waals surface area contributed by atoms with Crippen molar-refractivity contribution in [2.45, 2.75) is 13.2 Å². The third kappa shape index (κ3) is 5.24. The lowest BCUT2D eigenvalue weighted by atomic mass is 10.3. The molecule has 28 heavy (non-hydrogen) atoms. The Labute approximate surface area is 172 Å². The van der Waals surface area contributed by atoms with E-state index in [2.05, 4.69) is 26.0 Å². The predicted octanol–water partition coefficient (Wildman–Crippen LogP) is 6.13. The molecule has 1 aromatic heterocycles. The van der Waals surface area contributed by atoms with Crippen LogP contribution in [0.25, 0.3) is 0 Å². The van der Waals surface area contributed by atoms with Gasteiger partial charge >= 0.3 is 6.61 Å². The maximum atomic E-state index is 12.3. The number of alkyl halides is 2. The summed E-state index contributed by atoms with van der Waals surface area (Å²) in [6, 6.07) is 14.4. The Morgan fingerprint density at radius 3 is 2.64 bits per heavy atom. The van der Waals surface area contributed by atoms with Crippen LogP contribution in [0.1, 0.15) is 16.3 Å². The lowest BCUT2D eigenvalue weighted by Crippen LogP contribution is -2.11. The first-order valence-corrected chi connectivity index (χ1v) is 9.11. The second-order valence-electron chi connectivity index (χ2n) is 5.46. The molecule has 0 saturated carbocycles. The standard InChI is InChI=1S/C19H13BrClF2NO4/c20-13-3-1-2-4-15(13)26-10-12-6-8-17(27-12)18(25)24-11-5-7-16(14(21)9-11)28-19(22)23/h1-9,19H,10H2,(H,24,25). The zero-order valence-corrected chi connectivity index (χ0v) is 16.5. The van der Waals surface area contributed by atoms with Crippen LogP contribution in [0.5, 0.6) is 11.5 Å². The fraction of sp³-hybridized carbons (Fsp3) is 0.105. The topological polar surface area (TPSA) is 60.7 Å². The lowest BCUT2D eigenvalue weighted by Gasteiger charge is -2.09. The molecule has 0 atom stereocenters. The minimum Gasteiger partial charge on any atom is -0.484 e. The molecule has 9 heteroatoms. The van der Waals surface area contributed by atoms with E-state index in [4.69, 9.17) is 20.8 Å². The van der Waals surface area contributed by atoms with Crippen LogP contribution in [0.4, 0.5) is 14.5 Å². The monoisotopic (exact) mass is 471 g/mol. The van der Waals surface area contributed by atoms with Crippen molar-refractivity contribution in [3.05, 3.63) is 75.6 Å². The first-order chi connectivity index (χ1) is 13.4. The van der Waals surface area contributed by atoms with E-state index in [1.165, 1.54) is 24.3 Å². The Balaban J connectivity index is 1.61. The van der Waals surface area contributed by atoms with Gasteiger partial charge in [0, 0.05) is 5.69 Å². The summed E-state index contributed by atoms with van der Waals surface area (Å²) in [4.78, 5) is 12.3. The summed E-state index contributed by atoms with van der Waals surface area (Å²) >= 11 is 9.24. The Hall–Kier alpha value is -2.58. The van der Waals surface area contributed by atoms with Gasteiger partial charge in [-0.15, -0.1) is 0 Å². The molecule has 0 fully saturated rings. The van der Waals surface area contributed by atoms with Crippen molar-refractivity contribution in [2.24, 2.45) is 0 Å². The quantitative estimate of drug-likeness (QED) is 0.449. The van der Waals surface area contributed by atoms with Gasteiger partial charge in [-0.25, -0.2) is 0 Å². The molecule has 0 aliphatic carbocycles. The molecule has 0 aliphatic heterocycles. The SMILES string of the molecule is O=C(Nc1ccc(OC(F)F)c(Cl)c1)c1ccc(COc2ccccc2Br)o1. The third-order valence-electron chi connectivity index (χ3n) is 3.50. The van der Waals surface area contributed by atoms with Gasteiger partial charge in [0.15, 0.2) is 5.76 Å². The van der Waals surface area contributed by atoms with Crippen LogP contribution in [0.2, 0.25) is 5.02 Å². The maximum absolute atomic E-state index is 12.3. The number of ether oxygens (including phenoxy) is 2. The number of nitrogens with one attached hydrogen (secondary N) is 1. The van der Waals surface area contributed by atoms with Crippen LogP contribution >= 0.6 is 27.5 Å². The summed E-state index contributed by atoms with van der Waals surface area (Å²) in [5.74, 6) is 0.463. The number of hydrogen-bond acceptors (Lipinski definition) is 4. The number of benzene rings is 2. The van der Waals surface area contributed by atoms with Gasteiger partial charge in [0.2, 0.25) is 0 Å². The van der Waals surface area contributed by atoms with E-state index in [0.29, 0.717) is 17.2 Å². The number of furan rings is 1. The van der Waals surface area contributed by atoms with Gasteiger partial charge in [-0.1, -0.05) is 23.7 Å². The first-order valence-electron chi connectivity index (χ1n) is 7.94. The highest BCUT2D eigenvalue weighted by atomic mass is 79.9. The molecule has 3 aromatic rings. The fourth-order valence-corrected chi connectivity index (χ4v) is 2.88. The fourth-order valence-electron chi connectivity index (χ4n) is 2.25. The molecule has 0 radical (unpaired) electrons. The van der Waals surface area contributed by atoms with Gasteiger partial charge in [-0.2, -0.15) is 8.78 Å². The van der Waals surface area contributed by atoms with Gasteiger partial charge in [0.25, 0.3) is 5.91 Å². The predicted molar refractivity (Wildman–Crippen MR) is 103 cm³/mol. The molecule has 0 saturated heterocycles. The average Bonchev–Trinajstić information content (AvgIpc) is 3.12. The molecular weight excluding hydrogens is 460 g/mol. The molecule has 0 aliphatic rings. The lowest BCUT2D eigenvalue weighted by molar-refractivity contribution is -0.0497. The van der Waals surface area contributed by atoms with E-state index in [1.807, 2.05) is 18.2 Å². The Kier molecular flexibility index (Phi) is 6.53. The van der Waals surface area contributed by atoms with Crippen molar-refractivity contribution in [2.75, 3.05) is 5.32 Å². The summed E-state index contributed by atoms with van der Waals surface area (Å²) in [7, 11) is 0. The zero-order valence-electron chi connectivity index (χ0n) is 14.1. The number of rotatable bonds is 7. The minimum atomic E-state index is -2.99. The molecule has 1 amide bonds. The molecular formula is C19H13BrClF2NO4. The number of carbonyl (C=O) groups excluding carboxylic acids is 1. The summed E-state index contributed by atoms with van der Waals surface area (Å²) < 4.78 is 40.7. The van der Waals surface area contributed by atoms with Crippen LogP contribution in [-0.2, 0) is 6.61 Å². The molecule has 1 N–H and O–H groups in total. The van der Waals surface area contributed by atoms with Crippen LogP contribution in [0, 0.1) is 0 Å². The smallest absolute Gasteiger partial charge is 0.387 e. The molecule has 0 spiro atoms. The van der Waals surface area contributed by atoms with Gasteiger partial charge < -0.3 is 19.2 Å². The van der Waals surface area contributed by atoms with Crippen molar-refractivity contribution in [1.82, 2.24) is 0 Å². The van der Waals surface area contributed by atoms with Crippen molar-refractivity contribution >= 4 is 39.1 Å². The summed E-state index contributed by atoms with van der Waals surface area (Å²) in [5, 5.41) is 2.51. The number of para-hydroxylation sites is 1. The van der Waals surface area contributed by atoms with Crippen LogP contribution in [0.15, 0.2) is 63.5 Å². The molecule has 3 rings (SSSR count). The van der Waals surface area contributed by atoms with E-state index in [1.54, 1.807) is 12.1 Å². The van der Waals surface area contributed by atoms with Crippen molar-refractivity contribution in [1.29, 1.82) is 0 Å². The second-order valence-corrected chi connectivity index (χ2v) is 6.72. The molecule has 0 unspecified atom stereocenters. The van der Waals surface area contributed by atoms with Gasteiger partial charge in [-0.3, -0.25) is 4.79 Å². The Bertz CT molecular complexity index is 980. The van der Waals surface area contributed by atoms with Crippen molar-refractivity contribution < 1.29 is 27.5 Å². The second kappa shape index (κ2) is 9.07. The van der Waals surface area contributed by atoms with E-state index in [0.717, 1.165) is 4.47 Å². The van der Waals surface area contributed by atoms with Gasteiger partial charge in [0.1, 0.15) is 23.9 Å². The van der Waals surface area contributed by atoms with E-state index in [9.17, 15) is 13.6 Å². The maximum Gasteiger partial charge on any atom is 0.387 e. The normalized spacial score (nSPS) is 10.8. The van der Waals surface area contributed by atoms with Gasteiger partial charge in [0.05, 0.1) is 9.50 Å². The third-order valence-corrected chi connectivity index (χ3v) is 4.45. The number of anilines is 1. The summed E-state index contributed by atoms with van der Waals surface area (Å²) in [6.45, 7) is -2.85. The van der Waals surface area contributed by atoms with Crippen LogP contribution < -0.4 is 14.8 Å².